The fourth-order valence-corrected chi connectivity index (χ4v) is 2.88. The van der Waals surface area contributed by atoms with Crippen molar-refractivity contribution >= 4 is 0 Å². The lowest BCUT2D eigenvalue weighted by Gasteiger charge is -2.34. The zero-order chi connectivity index (χ0) is 11.8. The Morgan fingerprint density at radius 1 is 1.38 bits per heavy atom. The van der Waals surface area contributed by atoms with Gasteiger partial charge in [-0.15, -0.1) is 0 Å². The van der Waals surface area contributed by atoms with E-state index in [1.807, 2.05) is 6.92 Å². The van der Waals surface area contributed by atoms with Crippen LogP contribution in [0.15, 0.2) is 0 Å². The van der Waals surface area contributed by atoms with Crippen LogP contribution in [0.4, 0.5) is 0 Å². The smallest absolute Gasteiger partial charge is 0.0481 e. The minimum absolute atomic E-state index is 0.445. The predicted molar refractivity (Wildman–Crippen MR) is 68.0 cm³/mol. The number of nitrogens with two attached hydrogens (primary N) is 1. The summed E-state index contributed by atoms with van der Waals surface area (Å²) in [6, 6.07) is 0.445. The van der Waals surface area contributed by atoms with Crippen LogP contribution in [-0.2, 0) is 4.74 Å². The number of hydrogen-bond acceptors (Lipinski definition) is 3. The van der Waals surface area contributed by atoms with E-state index in [1.165, 1.54) is 32.1 Å². The van der Waals surface area contributed by atoms with Gasteiger partial charge in [0.2, 0.25) is 0 Å². The van der Waals surface area contributed by atoms with Crippen LogP contribution in [0.5, 0.6) is 0 Å². The molecule has 0 amide bonds. The highest BCUT2D eigenvalue weighted by Gasteiger charge is 2.26. The summed E-state index contributed by atoms with van der Waals surface area (Å²) in [6.07, 6.45) is 7.82. The summed E-state index contributed by atoms with van der Waals surface area (Å²) in [6.45, 7) is 5.98. The van der Waals surface area contributed by atoms with Crippen molar-refractivity contribution in [2.45, 2.75) is 58.4 Å². The molecule has 3 nitrogen and oxygen atoms in total. The second-order valence-corrected chi connectivity index (χ2v) is 4.96. The van der Waals surface area contributed by atoms with E-state index in [0.29, 0.717) is 6.04 Å². The summed E-state index contributed by atoms with van der Waals surface area (Å²) in [4.78, 5) is 0. The molecule has 1 saturated carbocycles. The first-order valence-electron chi connectivity index (χ1n) is 6.85. The molecule has 0 aromatic rings. The zero-order valence-corrected chi connectivity index (χ0v) is 10.9. The molecule has 0 radical (unpaired) electrons. The topological polar surface area (TPSA) is 47.3 Å². The van der Waals surface area contributed by atoms with Crippen molar-refractivity contribution in [3.63, 3.8) is 0 Å². The molecule has 0 aromatic carbocycles. The van der Waals surface area contributed by atoms with Crippen LogP contribution < -0.4 is 11.3 Å². The average Bonchev–Trinajstić information content (AvgIpc) is 2.35. The molecule has 0 aromatic heterocycles. The van der Waals surface area contributed by atoms with Gasteiger partial charge in [0.15, 0.2) is 0 Å². The largest absolute Gasteiger partial charge is 0.382 e. The maximum absolute atomic E-state index is 5.67. The molecule has 3 heteroatoms. The van der Waals surface area contributed by atoms with Gasteiger partial charge in [-0.2, -0.15) is 0 Å². The van der Waals surface area contributed by atoms with Crippen LogP contribution in [0.3, 0.4) is 0 Å². The van der Waals surface area contributed by atoms with Gasteiger partial charge in [0.05, 0.1) is 0 Å². The second-order valence-electron chi connectivity index (χ2n) is 4.96. The van der Waals surface area contributed by atoms with Crippen molar-refractivity contribution in [1.29, 1.82) is 0 Å². The molecule has 0 saturated heterocycles. The minimum atomic E-state index is 0.445. The van der Waals surface area contributed by atoms with Gasteiger partial charge in [-0.05, 0) is 38.0 Å². The normalized spacial score (nSPS) is 27.9. The van der Waals surface area contributed by atoms with E-state index in [0.717, 1.165) is 31.5 Å². The molecule has 0 heterocycles. The molecule has 96 valence electrons. The summed E-state index contributed by atoms with van der Waals surface area (Å²) in [5.74, 6) is 7.34. The zero-order valence-electron chi connectivity index (χ0n) is 10.9. The highest BCUT2D eigenvalue weighted by Crippen LogP contribution is 2.33. The first-order valence-corrected chi connectivity index (χ1v) is 6.85. The van der Waals surface area contributed by atoms with E-state index in [9.17, 15) is 0 Å². The molecule has 0 spiro atoms. The molecule has 0 bridgehead atoms. The van der Waals surface area contributed by atoms with Gasteiger partial charge in [-0.3, -0.25) is 11.3 Å². The molecule has 16 heavy (non-hydrogen) atoms. The summed E-state index contributed by atoms with van der Waals surface area (Å²) >= 11 is 0. The lowest BCUT2D eigenvalue weighted by molar-refractivity contribution is 0.116. The monoisotopic (exact) mass is 228 g/mol. The first kappa shape index (κ1) is 13.9. The summed E-state index contributed by atoms with van der Waals surface area (Å²) < 4.78 is 5.41. The van der Waals surface area contributed by atoms with Crippen LogP contribution in [-0.4, -0.2) is 19.3 Å². The molecular weight excluding hydrogens is 200 g/mol. The quantitative estimate of drug-likeness (QED) is 0.400. The molecular formula is C13H28N2O. The Kier molecular flexibility index (Phi) is 7.01. The Bertz CT molecular complexity index is 175. The van der Waals surface area contributed by atoms with E-state index in [1.54, 1.807) is 0 Å². The average molecular weight is 228 g/mol. The molecule has 1 aliphatic carbocycles. The summed E-state index contributed by atoms with van der Waals surface area (Å²) in [7, 11) is 0. The number of rotatable bonds is 7. The van der Waals surface area contributed by atoms with Gasteiger partial charge < -0.3 is 4.74 Å². The molecule has 3 N–H and O–H groups in total. The SMILES string of the molecule is CCOCCC(NN)C1CCCC(CC)C1. The van der Waals surface area contributed by atoms with E-state index in [2.05, 4.69) is 12.3 Å². The van der Waals surface area contributed by atoms with Gasteiger partial charge in [0, 0.05) is 19.3 Å². The lowest BCUT2D eigenvalue weighted by atomic mass is 9.76. The maximum atomic E-state index is 5.67. The van der Waals surface area contributed by atoms with Crippen LogP contribution >= 0.6 is 0 Å². The number of nitrogens with one attached hydrogen (secondary N) is 1. The molecule has 1 aliphatic rings. The Morgan fingerprint density at radius 2 is 2.19 bits per heavy atom. The Hall–Kier alpha value is -0.120. The third-order valence-corrected chi connectivity index (χ3v) is 3.96. The fraction of sp³-hybridized carbons (Fsp3) is 1.00. The van der Waals surface area contributed by atoms with Gasteiger partial charge in [0.1, 0.15) is 0 Å². The Labute approximate surface area is 100 Å². The Morgan fingerprint density at radius 3 is 2.81 bits per heavy atom. The van der Waals surface area contributed by atoms with Crippen molar-refractivity contribution in [2.24, 2.45) is 17.7 Å². The second kappa shape index (κ2) is 8.04. The van der Waals surface area contributed by atoms with Gasteiger partial charge in [0.25, 0.3) is 0 Å². The third kappa shape index (κ3) is 4.40. The molecule has 0 aliphatic heterocycles. The Balaban J connectivity index is 2.32. The number of hydrogen-bond donors (Lipinski definition) is 2. The third-order valence-electron chi connectivity index (χ3n) is 3.96. The van der Waals surface area contributed by atoms with Crippen molar-refractivity contribution in [3.8, 4) is 0 Å². The molecule has 1 fully saturated rings. The van der Waals surface area contributed by atoms with Crippen molar-refractivity contribution in [1.82, 2.24) is 5.43 Å². The predicted octanol–water partition coefficient (Wildman–Crippen LogP) is 2.46. The van der Waals surface area contributed by atoms with Gasteiger partial charge in [-0.1, -0.05) is 26.2 Å². The van der Waals surface area contributed by atoms with Gasteiger partial charge in [-0.25, -0.2) is 0 Å². The van der Waals surface area contributed by atoms with Crippen LogP contribution in [0.25, 0.3) is 0 Å². The van der Waals surface area contributed by atoms with Gasteiger partial charge >= 0.3 is 0 Å². The first-order chi connectivity index (χ1) is 7.81. The highest BCUT2D eigenvalue weighted by molar-refractivity contribution is 4.81. The maximum Gasteiger partial charge on any atom is 0.0481 e. The van der Waals surface area contributed by atoms with E-state index >= 15 is 0 Å². The summed E-state index contributed by atoms with van der Waals surface area (Å²) in [5.41, 5.74) is 3.00. The minimum Gasteiger partial charge on any atom is -0.382 e. The van der Waals surface area contributed by atoms with Crippen LogP contribution in [0, 0.1) is 11.8 Å². The molecule has 3 atom stereocenters. The molecule has 1 rings (SSSR count). The van der Waals surface area contributed by atoms with E-state index in [-0.39, 0.29) is 0 Å². The number of ether oxygens (including phenoxy) is 1. The van der Waals surface area contributed by atoms with Crippen molar-refractivity contribution < 1.29 is 4.74 Å². The fourth-order valence-electron chi connectivity index (χ4n) is 2.88. The molecule has 3 unspecified atom stereocenters. The van der Waals surface area contributed by atoms with Crippen LogP contribution in [0.1, 0.15) is 52.4 Å². The van der Waals surface area contributed by atoms with Crippen molar-refractivity contribution in [3.05, 3.63) is 0 Å². The van der Waals surface area contributed by atoms with Crippen LogP contribution in [0.2, 0.25) is 0 Å². The standard InChI is InChI=1S/C13H28N2O/c1-3-11-6-5-7-12(10-11)13(15-14)8-9-16-4-2/h11-13,15H,3-10,14H2,1-2H3. The van der Waals surface area contributed by atoms with E-state index < -0.39 is 0 Å². The number of hydrazine groups is 1. The van der Waals surface area contributed by atoms with Crippen molar-refractivity contribution in [2.75, 3.05) is 13.2 Å². The van der Waals surface area contributed by atoms with E-state index in [4.69, 9.17) is 10.6 Å². The highest BCUT2D eigenvalue weighted by atomic mass is 16.5. The lowest BCUT2D eigenvalue weighted by Crippen LogP contribution is -2.43. The summed E-state index contributed by atoms with van der Waals surface area (Å²) in [5, 5.41) is 0.